The van der Waals surface area contributed by atoms with Gasteiger partial charge in [0, 0.05) is 12.8 Å². The van der Waals surface area contributed by atoms with Crippen molar-refractivity contribution in [3.05, 3.63) is 0 Å². The predicted octanol–water partition coefficient (Wildman–Crippen LogP) is 8.00. The van der Waals surface area contributed by atoms with Gasteiger partial charge in [0.25, 0.3) is 0 Å². The second-order valence-electron chi connectivity index (χ2n) is 10.3. The molecule has 0 N–H and O–H groups in total. The highest BCUT2D eigenvalue weighted by Gasteiger charge is 2.48. The van der Waals surface area contributed by atoms with E-state index in [1.54, 1.807) is 0 Å². The lowest BCUT2D eigenvalue weighted by molar-refractivity contribution is -0.555. The first-order valence-corrected chi connectivity index (χ1v) is 12.3. The van der Waals surface area contributed by atoms with Crippen molar-refractivity contribution in [3.63, 3.8) is 0 Å². The van der Waals surface area contributed by atoms with Crippen LogP contribution in [0.1, 0.15) is 127 Å². The summed E-state index contributed by atoms with van der Waals surface area (Å²) in [5.41, 5.74) is -0.587. The molecule has 4 unspecified atom stereocenters. The third kappa shape index (κ3) is 8.12. The highest BCUT2D eigenvalue weighted by atomic mass is 17.3. The van der Waals surface area contributed by atoms with Crippen molar-refractivity contribution in [1.29, 1.82) is 0 Å². The molecule has 174 valence electrons. The highest BCUT2D eigenvalue weighted by Crippen LogP contribution is 2.45. The molecule has 1 rings (SSSR count). The van der Waals surface area contributed by atoms with Crippen LogP contribution in [0.15, 0.2) is 0 Å². The molecule has 0 aromatic heterocycles. The summed E-state index contributed by atoms with van der Waals surface area (Å²) < 4.78 is 0. The van der Waals surface area contributed by atoms with Gasteiger partial charge in [-0.15, -0.1) is 0 Å². The lowest BCUT2D eigenvalue weighted by Gasteiger charge is -2.45. The van der Waals surface area contributed by atoms with Crippen LogP contribution in [0.25, 0.3) is 0 Å². The van der Waals surface area contributed by atoms with Crippen LogP contribution >= 0.6 is 0 Å². The fourth-order valence-electron chi connectivity index (χ4n) is 4.16. The molecule has 0 spiro atoms. The zero-order valence-corrected chi connectivity index (χ0v) is 20.9. The van der Waals surface area contributed by atoms with Crippen LogP contribution in [0.3, 0.4) is 0 Å². The molecule has 0 aromatic rings. The van der Waals surface area contributed by atoms with E-state index in [1.165, 1.54) is 0 Å². The lowest BCUT2D eigenvalue weighted by Crippen LogP contribution is -2.49. The lowest BCUT2D eigenvalue weighted by atomic mass is 9.72. The molecule has 0 bridgehead atoms. The molecule has 4 atom stereocenters. The molecule has 1 saturated carbocycles. The van der Waals surface area contributed by atoms with E-state index in [9.17, 15) is 0 Å². The Labute approximate surface area is 181 Å². The average Bonchev–Trinajstić information content (AvgIpc) is 2.72. The van der Waals surface area contributed by atoms with Gasteiger partial charge in [-0.25, -0.2) is 9.78 Å². The van der Waals surface area contributed by atoms with E-state index in [0.29, 0.717) is 17.8 Å². The van der Waals surface area contributed by atoms with E-state index in [1.807, 2.05) is 0 Å². The van der Waals surface area contributed by atoms with Gasteiger partial charge in [0.2, 0.25) is 5.79 Å². The Balaban J connectivity index is 2.95. The van der Waals surface area contributed by atoms with Gasteiger partial charge in [0.1, 0.15) is 11.2 Å². The van der Waals surface area contributed by atoms with E-state index < -0.39 is 5.79 Å². The van der Waals surface area contributed by atoms with Crippen molar-refractivity contribution in [2.24, 2.45) is 17.8 Å². The van der Waals surface area contributed by atoms with Gasteiger partial charge in [-0.2, -0.15) is 9.78 Å². The first-order valence-electron chi connectivity index (χ1n) is 12.3. The number of unbranched alkanes of at least 4 members (excludes halogenated alkanes) is 2. The SMILES string of the molecule is CCCCC(C)(CC)OOC1(OOC(C)(CC)CCCC)CC(C)C(C)C(C)C1. The number of hydrogen-bond donors (Lipinski definition) is 0. The molecule has 0 amide bonds. The quantitative estimate of drug-likeness (QED) is 0.164. The molecule has 1 aliphatic carbocycles. The maximum absolute atomic E-state index is 6.21. The molecule has 0 saturated heterocycles. The Morgan fingerprint density at radius 1 is 0.724 bits per heavy atom. The van der Waals surface area contributed by atoms with Gasteiger partial charge in [-0.3, -0.25) is 0 Å². The van der Waals surface area contributed by atoms with Gasteiger partial charge < -0.3 is 0 Å². The molecule has 0 heterocycles. The fraction of sp³-hybridized carbons (Fsp3) is 1.00. The molecule has 1 fully saturated rings. The first-order chi connectivity index (χ1) is 13.6. The maximum Gasteiger partial charge on any atom is 0.234 e. The van der Waals surface area contributed by atoms with E-state index in [0.717, 1.165) is 64.2 Å². The van der Waals surface area contributed by atoms with E-state index in [-0.39, 0.29) is 11.2 Å². The Morgan fingerprint density at radius 3 is 1.41 bits per heavy atom. The van der Waals surface area contributed by atoms with Crippen LogP contribution in [0.2, 0.25) is 0 Å². The van der Waals surface area contributed by atoms with E-state index in [4.69, 9.17) is 19.6 Å². The minimum Gasteiger partial charge on any atom is -0.227 e. The second kappa shape index (κ2) is 12.0. The molecule has 4 nitrogen and oxygen atoms in total. The predicted molar refractivity (Wildman–Crippen MR) is 120 cm³/mol. The van der Waals surface area contributed by atoms with E-state index in [2.05, 4.69) is 62.3 Å². The molecule has 0 aliphatic heterocycles. The standard InChI is InChI=1S/C25H50O4/c1-10-14-16-23(8,12-3)26-28-25(18-20(5)22(7)21(6)19-25)29-27-24(9,13-4)17-15-11-2/h20-22H,10-19H2,1-9H3. The normalized spacial score (nSPS) is 32.0. The third-order valence-corrected chi connectivity index (χ3v) is 7.46. The summed E-state index contributed by atoms with van der Waals surface area (Å²) in [7, 11) is 0. The van der Waals surface area contributed by atoms with Gasteiger partial charge in [-0.1, -0.05) is 74.1 Å². The van der Waals surface area contributed by atoms with Crippen molar-refractivity contribution in [1.82, 2.24) is 0 Å². The summed E-state index contributed by atoms with van der Waals surface area (Å²) in [5.74, 6) is 0.762. The summed E-state index contributed by atoms with van der Waals surface area (Å²) in [6, 6.07) is 0. The zero-order valence-electron chi connectivity index (χ0n) is 20.9. The topological polar surface area (TPSA) is 36.9 Å². The Kier molecular flexibility index (Phi) is 11.1. The van der Waals surface area contributed by atoms with Gasteiger partial charge in [-0.05, 0) is 57.3 Å². The van der Waals surface area contributed by atoms with Crippen molar-refractivity contribution in [2.45, 2.75) is 144 Å². The summed E-state index contributed by atoms with van der Waals surface area (Å²) >= 11 is 0. The van der Waals surface area contributed by atoms with Crippen LogP contribution in [0.5, 0.6) is 0 Å². The smallest absolute Gasteiger partial charge is 0.227 e. The van der Waals surface area contributed by atoms with Crippen molar-refractivity contribution in [2.75, 3.05) is 0 Å². The summed E-state index contributed by atoms with van der Waals surface area (Å²) in [6.07, 6.45) is 9.95. The number of rotatable bonds is 14. The fourth-order valence-corrected chi connectivity index (χ4v) is 4.16. The number of hydrogen-bond acceptors (Lipinski definition) is 4. The van der Waals surface area contributed by atoms with Crippen molar-refractivity contribution < 1.29 is 19.6 Å². The molecular weight excluding hydrogens is 364 g/mol. The van der Waals surface area contributed by atoms with Crippen LogP contribution in [-0.2, 0) is 19.6 Å². The average molecular weight is 415 g/mol. The molecule has 29 heavy (non-hydrogen) atoms. The third-order valence-electron chi connectivity index (χ3n) is 7.46. The molecular formula is C25H50O4. The second-order valence-corrected chi connectivity index (χ2v) is 10.3. The first kappa shape index (κ1) is 26.9. The maximum atomic E-state index is 6.21. The molecule has 1 aliphatic rings. The molecule has 0 radical (unpaired) electrons. The summed E-state index contributed by atoms with van der Waals surface area (Å²) in [4.78, 5) is 24.7. The van der Waals surface area contributed by atoms with Crippen LogP contribution in [0.4, 0.5) is 0 Å². The Hall–Kier alpha value is -0.160. The largest absolute Gasteiger partial charge is 0.234 e. The van der Waals surface area contributed by atoms with Crippen molar-refractivity contribution >= 4 is 0 Å². The van der Waals surface area contributed by atoms with Gasteiger partial charge in [0.05, 0.1) is 0 Å². The molecule has 4 heteroatoms. The zero-order chi connectivity index (χ0) is 22.1. The van der Waals surface area contributed by atoms with Crippen LogP contribution in [0, 0.1) is 17.8 Å². The van der Waals surface area contributed by atoms with Crippen molar-refractivity contribution in [3.8, 4) is 0 Å². The Bertz CT molecular complexity index is 414. The van der Waals surface area contributed by atoms with Gasteiger partial charge in [0.15, 0.2) is 0 Å². The highest BCUT2D eigenvalue weighted by molar-refractivity contribution is 4.86. The molecule has 0 aromatic carbocycles. The monoisotopic (exact) mass is 414 g/mol. The van der Waals surface area contributed by atoms with Gasteiger partial charge >= 0.3 is 0 Å². The minimum absolute atomic E-state index is 0.293. The summed E-state index contributed by atoms with van der Waals surface area (Å²) in [5, 5.41) is 0. The summed E-state index contributed by atoms with van der Waals surface area (Å²) in [6.45, 7) is 19.9. The van der Waals surface area contributed by atoms with Crippen LogP contribution < -0.4 is 0 Å². The minimum atomic E-state index is -0.837. The van der Waals surface area contributed by atoms with Crippen LogP contribution in [-0.4, -0.2) is 17.0 Å². The van der Waals surface area contributed by atoms with E-state index >= 15 is 0 Å². The Morgan fingerprint density at radius 2 is 1.10 bits per heavy atom.